The zero-order valence-electron chi connectivity index (χ0n) is 13.8. The second-order valence-electron chi connectivity index (χ2n) is 5.85. The van der Waals surface area contributed by atoms with E-state index in [1.54, 1.807) is 0 Å². The predicted octanol–water partition coefficient (Wildman–Crippen LogP) is 5.23. The van der Waals surface area contributed by atoms with Gasteiger partial charge in [0.05, 0.1) is 11.5 Å². The Morgan fingerprint density at radius 3 is 2.70 bits per heavy atom. The van der Waals surface area contributed by atoms with Crippen LogP contribution in [0.5, 0.6) is 0 Å². The minimum absolute atomic E-state index is 0.155. The van der Waals surface area contributed by atoms with E-state index >= 15 is 0 Å². The lowest BCUT2D eigenvalue weighted by molar-refractivity contribution is -0.144. The molecule has 0 saturated carbocycles. The maximum Gasteiger partial charge on any atom is 0.313 e. The van der Waals surface area contributed by atoms with Gasteiger partial charge in [0.25, 0.3) is 0 Å². The first-order valence-electron chi connectivity index (χ1n) is 8.31. The molecule has 0 amide bonds. The van der Waals surface area contributed by atoms with Crippen molar-refractivity contribution in [1.29, 1.82) is 0 Å². The lowest BCUT2D eigenvalue weighted by atomic mass is 10.0. The predicted molar refractivity (Wildman–Crippen MR) is 95.0 cm³/mol. The Morgan fingerprint density at radius 2 is 2.00 bits per heavy atom. The number of ether oxygens (including phenoxy) is 1. The summed E-state index contributed by atoms with van der Waals surface area (Å²) in [5.41, 5.74) is 0. The molecule has 1 unspecified atom stereocenters. The minimum atomic E-state index is -0.414. The van der Waals surface area contributed by atoms with Gasteiger partial charge in [0.1, 0.15) is 6.42 Å². The van der Waals surface area contributed by atoms with Gasteiger partial charge in [0.2, 0.25) is 0 Å². The number of benzene rings is 1. The van der Waals surface area contributed by atoms with Crippen LogP contribution in [0, 0.1) is 5.92 Å². The molecule has 0 bridgehead atoms. The second kappa shape index (κ2) is 8.82. The third-order valence-electron chi connectivity index (χ3n) is 4.03. The molecule has 2 aromatic rings. The number of fused-ring (bicyclic) bond motifs is 1. The number of ketones is 1. The number of esters is 1. The zero-order valence-corrected chi connectivity index (χ0v) is 14.7. The van der Waals surface area contributed by atoms with E-state index in [1.807, 2.05) is 30.3 Å². The SMILES string of the molecule is CCCCC(CC)COC(=O)CC(=O)c1cc2ccccc2s1. The van der Waals surface area contributed by atoms with Gasteiger partial charge in [0, 0.05) is 4.70 Å². The van der Waals surface area contributed by atoms with Crippen molar-refractivity contribution in [2.24, 2.45) is 5.92 Å². The summed E-state index contributed by atoms with van der Waals surface area (Å²) in [6.07, 6.45) is 4.20. The minimum Gasteiger partial charge on any atom is -0.465 e. The lowest BCUT2D eigenvalue weighted by Crippen LogP contribution is -2.16. The summed E-state index contributed by atoms with van der Waals surface area (Å²) < 4.78 is 6.37. The van der Waals surface area contributed by atoms with Gasteiger partial charge in [-0.1, -0.05) is 51.3 Å². The summed E-state index contributed by atoms with van der Waals surface area (Å²) >= 11 is 1.43. The Balaban J connectivity index is 1.85. The molecule has 1 atom stereocenters. The van der Waals surface area contributed by atoms with Gasteiger partial charge in [-0.2, -0.15) is 0 Å². The molecule has 23 heavy (non-hydrogen) atoms. The number of unbranched alkanes of at least 4 members (excludes halogenated alkanes) is 1. The Kier molecular flexibility index (Phi) is 6.78. The van der Waals surface area contributed by atoms with Crippen LogP contribution in [0.1, 0.15) is 55.6 Å². The van der Waals surface area contributed by atoms with Gasteiger partial charge in [-0.25, -0.2) is 0 Å². The number of Topliss-reactive ketones (excluding diaryl/α,β-unsaturated/α-hetero) is 1. The van der Waals surface area contributed by atoms with Crippen LogP contribution in [-0.4, -0.2) is 18.4 Å². The van der Waals surface area contributed by atoms with Crippen LogP contribution in [0.3, 0.4) is 0 Å². The van der Waals surface area contributed by atoms with E-state index < -0.39 is 5.97 Å². The monoisotopic (exact) mass is 332 g/mol. The Hall–Kier alpha value is -1.68. The largest absolute Gasteiger partial charge is 0.465 e. The maximum atomic E-state index is 12.2. The van der Waals surface area contributed by atoms with Crippen LogP contribution in [0.25, 0.3) is 10.1 Å². The molecular formula is C19H24O3S. The summed E-state index contributed by atoms with van der Waals surface area (Å²) in [6, 6.07) is 9.70. The molecule has 0 aliphatic heterocycles. The van der Waals surface area contributed by atoms with Crippen LogP contribution in [0.4, 0.5) is 0 Å². The fourth-order valence-corrected chi connectivity index (χ4v) is 3.50. The van der Waals surface area contributed by atoms with Crippen molar-refractivity contribution in [3.8, 4) is 0 Å². The van der Waals surface area contributed by atoms with Crippen molar-refractivity contribution < 1.29 is 14.3 Å². The summed E-state index contributed by atoms with van der Waals surface area (Å²) in [5.74, 6) is -0.168. The summed E-state index contributed by atoms with van der Waals surface area (Å²) in [5, 5.41) is 1.04. The number of hydrogen-bond donors (Lipinski definition) is 0. The third kappa shape index (κ3) is 5.17. The first-order chi connectivity index (χ1) is 11.1. The Labute approximate surface area is 141 Å². The third-order valence-corrected chi connectivity index (χ3v) is 5.19. The van der Waals surface area contributed by atoms with Crippen molar-refractivity contribution in [3.63, 3.8) is 0 Å². The van der Waals surface area contributed by atoms with Crippen LogP contribution in [0.15, 0.2) is 30.3 Å². The molecule has 1 aromatic heterocycles. The van der Waals surface area contributed by atoms with Crippen LogP contribution < -0.4 is 0 Å². The molecule has 3 nitrogen and oxygen atoms in total. The van der Waals surface area contributed by atoms with E-state index in [0.717, 1.165) is 35.8 Å². The smallest absolute Gasteiger partial charge is 0.313 e. The van der Waals surface area contributed by atoms with Crippen molar-refractivity contribution in [3.05, 3.63) is 35.2 Å². The van der Waals surface area contributed by atoms with Crippen molar-refractivity contribution in [2.75, 3.05) is 6.61 Å². The standard InChI is InChI=1S/C19H24O3S/c1-3-5-8-14(4-2)13-22-19(21)12-16(20)18-11-15-9-6-7-10-17(15)23-18/h6-7,9-11,14H,3-5,8,12-13H2,1-2H3. The van der Waals surface area contributed by atoms with Gasteiger partial charge in [-0.05, 0) is 29.9 Å². The molecule has 1 aromatic carbocycles. The Bertz CT molecular complexity index is 626. The molecule has 2 rings (SSSR count). The zero-order chi connectivity index (χ0) is 16.7. The van der Waals surface area contributed by atoms with Crippen molar-refractivity contribution in [1.82, 2.24) is 0 Å². The van der Waals surface area contributed by atoms with Crippen LogP contribution in [-0.2, 0) is 9.53 Å². The van der Waals surface area contributed by atoms with E-state index in [1.165, 1.54) is 11.3 Å². The highest BCUT2D eigenvalue weighted by Gasteiger charge is 2.17. The first kappa shape index (κ1) is 17.7. The first-order valence-corrected chi connectivity index (χ1v) is 9.13. The fourth-order valence-electron chi connectivity index (χ4n) is 2.50. The van der Waals surface area contributed by atoms with Gasteiger partial charge in [-0.15, -0.1) is 11.3 Å². The highest BCUT2D eigenvalue weighted by Crippen LogP contribution is 2.26. The van der Waals surface area contributed by atoms with E-state index in [-0.39, 0.29) is 12.2 Å². The molecule has 124 valence electrons. The summed E-state index contributed by atoms with van der Waals surface area (Å²) in [6.45, 7) is 4.69. The summed E-state index contributed by atoms with van der Waals surface area (Å²) in [4.78, 5) is 24.7. The van der Waals surface area contributed by atoms with Crippen LogP contribution in [0.2, 0.25) is 0 Å². The Morgan fingerprint density at radius 1 is 1.22 bits per heavy atom. The molecule has 0 aliphatic carbocycles. The molecule has 4 heteroatoms. The van der Waals surface area contributed by atoms with E-state index in [9.17, 15) is 9.59 Å². The molecule has 0 fully saturated rings. The maximum absolute atomic E-state index is 12.2. The second-order valence-corrected chi connectivity index (χ2v) is 6.93. The van der Waals surface area contributed by atoms with E-state index in [0.29, 0.717) is 17.4 Å². The van der Waals surface area contributed by atoms with Gasteiger partial charge < -0.3 is 4.74 Å². The number of rotatable bonds is 9. The molecule has 1 heterocycles. The lowest BCUT2D eigenvalue weighted by Gasteiger charge is -2.14. The van der Waals surface area contributed by atoms with Crippen LogP contribution >= 0.6 is 11.3 Å². The normalized spacial score (nSPS) is 12.3. The average Bonchev–Trinajstić information content (AvgIpc) is 2.99. The van der Waals surface area contributed by atoms with Crippen molar-refractivity contribution >= 4 is 33.2 Å². The molecule has 0 radical (unpaired) electrons. The average molecular weight is 332 g/mol. The van der Waals surface area contributed by atoms with E-state index in [2.05, 4.69) is 13.8 Å². The van der Waals surface area contributed by atoms with Crippen molar-refractivity contribution in [2.45, 2.75) is 46.0 Å². The molecular weight excluding hydrogens is 308 g/mol. The van der Waals surface area contributed by atoms with E-state index in [4.69, 9.17) is 4.74 Å². The van der Waals surface area contributed by atoms with Gasteiger partial charge in [0.15, 0.2) is 5.78 Å². The number of hydrogen-bond acceptors (Lipinski definition) is 4. The molecule has 0 aliphatic rings. The highest BCUT2D eigenvalue weighted by molar-refractivity contribution is 7.20. The molecule has 0 spiro atoms. The molecule has 0 N–H and O–H groups in total. The number of carbonyl (C=O) groups is 2. The van der Waals surface area contributed by atoms with Gasteiger partial charge in [-0.3, -0.25) is 9.59 Å². The highest BCUT2D eigenvalue weighted by atomic mass is 32.1. The topological polar surface area (TPSA) is 43.4 Å². The fraction of sp³-hybridized carbons (Fsp3) is 0.474. The number of carbonyl (C=O) groups excluding carboxylic acids is 2. The van der Waals surface area contributed by atoms with Gasteiger partial charge >= 0.3 is 5.97 Å². The molecule has 0 saturated heterocycles. The quantitative estimate of drug-likeness (QED) is 0.358. The summed E-state index contributed by atoms with van der Waals surface area (Å²) in [7, 11) is 0. The number of thiophene rings is 1.